The first-order chi connectivity index (χ1) is 5.59. The van der Waals surface area contributed by atoms with E-state index in [9.17, 15) is 4.79 Å². The van der Waals surface area contributed by atoms with Crippen LogP contribution >= 0.6 is 0 Å². The number of nitrogens with two attached hydrogens (primary N) is 1. The molecule has 1 heterocycles. The van der Waals surface area contributed by atoms with Gasteiger partial charge in [-0.25, -0.2) is 4.68 Å². The van der Waals surface area contributed by atoms with Crippen LogP contribution in [0.15, 0.2) is 6.20 Å². The third-order valence-electron chi connectivity index (χ3n) is 1.45. The van der Waals surface area contributed by atoms with Gasteiger partial charge in [0.2, 0.25) is 0 Å². The van der Waals surface area contributed by atoms with Crippen molar-refractivity contribution < 1.29 is 9.90 Å². The number of hydrogen-bond donors (Lipinski definition) is 2. The van der Waals surface area contributed by atoms with E-state index < -0.39 is 5.97 Å². The monoisotopic (exact) mass is 170 g/mol. The number of aliphatic carboxylic acids is 1. The van der Waals surface area contributed by atoms with Gasteiger partial charge in [-0.2, -0.15) is 0 Å². The third kappa shape index (κ3) is 1.94. The van der Waals surface area contributed by atoms with E-state index in [1.807, 2.05) is 0 Å². The Balaban J connectivity index is 2.64. The summed E-state index contributed by atoms with van der Waals surface area (Å²) in [5, 5.41) is 15.6. The average Bonchev–Trinajstić information content (AvgIpc) is 2.34. The highest BCUT2D eigenvalue weighted by Gasteiger charge is 2.10. The highest BCUT2D eigenvalue weighted by Crippen LogP contribution is 2.09. The second-order valence-corrected chi connectivity index (χ2v) is 2.57. The fourth-order valence-corrected chi connectivity index (χ4v) is 0.852. The van der Waals surface area contributed by atoms with Crippen molar-refractivity contribution in [2.45, 2.75) is 19.4 Å². The fourth-order valence-electron chi connectivity index (χ4n) is 0.852. The first kappa shape index (κ1) is 8.51. The largest absolute Gasteiger partial charge is 0.481 e. The second kappa shape index (κ2) is 3.21. The van der Waals surface area contributed by atoms with Gasteiger partial charge in [-0.15, -0.1) is 5.10 Å². The molecule has 1 aromatic heterocycles. The van der Waals surface area contributed by atoms with Crippen LogP contribution in [0, 0.1) is 0 Å². The molecule has 0 radical (unpaired) electrons. The van der Waals surface area contributed by atoms with Gasteiger partial charge in [0.25, 0.3) is 0 Å². The first-order valence-corrected chi connectivity index (χ1v) is 3.48. The zero-order valence-electron chi connectivity index (χ0n) is 6.64. The average molecular weight is 170 g/mol. The van der Waals surface area contributed by atoms with Crippen molar-refractivity contribution in [3.05, 3.63) is 6.20 Å². The van der Waals surface area contributed by atoms with Crippen molar-refractivity contribution in [3.8, 4) is 0 Å². The summed E-state index contributed by atoms with van der Waals surface area (Å²) in [7, 11) is 0. The smallest absolute Gasteiger partial charge is 0.305 e. The van der Waals surface area contributed by atoms with Gasteiger partial charge in [-0.1, -0.05) is 5.21 Å². The van der Waals surface area contributed by atoms with Crippen molar-refractivity contribution in [1.82, 2.24) is 15.0 Å². The summed E-state index contributed by atoms with van der Waals surface area (Å²) >= 11 is 0. The Morgan fingerprint density at radius 2 is 2.58 bits per heavy atom. The zero-order valence-corrected chi connectivity index (χ0v) is 6.64. The number of carboxylic acid groups (broad SMARTS) is 1. The number of hydrogen-bond acceptors (Lipinski definition) is 4. The highest BCUT2D eigenvalue weighted by molar-refractivity contribution is 5.67. The summed E-state index contributed by atoms with van der Waals surface area (Å²) in [5.74, 6) is -0.566. The van der Waals surface area contributed by atoms with Gasteiger partial charge >= 0.3 is 5.97 Å². The molecule has 0 aliphatic heterocycles. The van der Waals surface area contributed by atoms with Crippen LogP contribution in [0.5, 0.6) is 0 Å². The summed E-state index contributed by atoms with van der Waals surface area (Å²) < 4.78 is 1.43. The predicted molar refractivity (Wildman–Crippen MR) is 41.4 cm³/mol. The second-order valence-electron chi connectivity index (χ2n) is 2.57. The minimum absolute atomic E-state index is 0.0167. The zero-order chi connectivity index (χ0) is 9.14. The van der Waals surface area contributed by atoms with Crippen LogP contribution in [-0.2, 0) is 4.79 Å². The van der Waals surface area contributed by atoms with Crippen molar-refractivity contribution in [2.24, 2.45) is 0 Å². The van der Waals surface area contributed by atoms with Crippen LogP contribution in [0.1, 0.15) is 19.4 Å². The number of rotatable bonds is 3. The Hall–Kier alpha value is -1.59. The van der Waals surface area contributed by atoms with E-state index >= 15 is 0 Å². The van der Waals surface area contributed by atoms with Gasteiger partial charge in [0.15, 0.2) is 5.82 Å². The van der Waals surface area contributed by atoms with Gasteiger partial charge in [0, 0.05) is 0 Å². The van der Waals surface area contributed by atoms with Crippen LogP contribution in [0.4, 0.5) is 5.82 Å². The van der Waals surface area contributed by atoms with E-state index in [-0.39, 0.29) is 12.5 Å². The molecule has 66 valence electrons. The maximum atomic E-state index is 10.3. The molecule has 0 aliphatic carbocycles. The van der Waals surface area contributed by atoms with Crippen LogP contribution < -0.4 is 5.73 Å². The van der Waals surface area contributed by atoms with Crippen molar-refractivity contribution in [1.29, 1.82) is 0 Å². The lowest BCUT2D eigenvalue weighted by Crippen LogP contribution is -2.10. The molecule has 0 saturated heterocycles. The lowest BCUT2D eigenvalue weighted by molar-refractivity contribution is -0.137. The lowest BCUT2D eigenvalue weighted by atomic mass is 10.2. The molecule has 1 aromatic rings. The Bertz CT molecular complexity index is 283. The van der Waals surface area contributed by atoms with Crippen molar-refractivity contribution >= 4 is 11.8 Å². The summed E-state index contributed by atoms with van der Waals surface area (Å²) in [6.45, 7) is 1.74. The highest BCUT2D eigenvalue weighted by atomic mass is 16.4. The summed E-state index contributed by atoms with van der Waals surface area (Å²) in [6.07, 6.45) is 1.52. The molecule has 0 saturated carbocycles. The van der Waals surface area contributed by atoms with Crippen LogP contribution in [0.25, 0.3) is 0 Å². The number of carbonyl (C=O) groups is 1. The minimum atomic E-state index is -0.864. The Morgan fingerprint density at radius 1 is 1.92 bits per heavy atom. The van der Waals surface area contributed by atoms with E-state index in [1.165, 1.54) is 10.9 Å². The van der Waals surface area contributed by atoms with Gasteiger partial charge in [0.1, 0.15) is 0 Å². The molecule has 0 fully saturated rings. The molecule has 0 aromatic carbocycles. The molecule has 1 rings (SSSR count). The normalized spacial score (nSPS) is 12.8. The van der Waals surface area contributed by atoms with Crippen LogP contribution in [-0.4, -0.2) is 26.1 Å². The molecule has 12 heavy (non-hydrogen) atoms. The van der Waals surface area contributed by atoms with Crippen molar-refractivity contribution in [3.63, 3.8) is 0 Å². The topological polar surface area (TPSA) is 94.0 Å². The molecule has 0 amide bonds. The molecule has 3 N–H and O–H groups in total. The Kier molecular flexibility index (Phi) is 2.27. The number of carboxylic acids is 1. The molecule has 6 nitrogen and oxygen atoms in total. The van der Waals surface area contributed by atoms with E-state index in [0.717, 1.165) is 0 Å². The molecular formula is C6H10N4O2. The number of aromatic nitrogens is 3. The third-order valence-corrected chi connectivity index (χ3v) is 1.45. The molecular weight excluding hydrogens is 160 g/mol. The number of nitrogens with zero attached hydrogens (tertiary/aromatic N) is 3. The van der Waals surface area contributed by atoms with E-state index in [4.69, 9.17) is 10.8 Å². The Labute approximate surface area is 69.0 Å². The molecule has 1 unspecified atom stereocenters. The lowest BCUT2D eigenvalue weighted by Gasteiger charge is -2.06. The van der Waals surface area contributed by atoms with E-state index in [1.54, 1.807) is 6.92 Å². The maximum absolute atomic E-state index is 10.3. The van der Waals surface area contributed by atoms with Crippen LogP contribution in [0.2, 0.25) is 0 Å². The fraction of sp³-hybridized carbons (Fsp3) is 0.500. The predicted octanol–water partition coefficient (Wildman–Crippen LogP) is -0.104. The van der Waals surface area contributed by atoms with Gasteiger partial charge < -0.3 is 10.8 Å². The molecule has 1 atom stereocenters. The maximum Gasteiger partial charge on any atom is 0.305 e. The summed E-state index contributed by atoms with van der Waals surface area (Å²) in [6, 6.07) is -0.215. The molecule has 0 spiro atoms. The SMILES string of the molecule is CC(CC(=O)O)n1cc(N)nn1. The van der Waals surface area contributed by atoms with Gasteiger partial charge in [-0.05, 0) is 6.92 Å². The van der Waals surface area contributed by atoms with E-state index in [2.05, 4.69) is 10.3 Å². The Morgan fingerprint density at radius 3 is 3.00 bits per heavy atom. The summed E-state index contributed by atoms with van der Waals surface area (Å²) in [4.78, 5) is 10.3. The van der Waals surface area contributed by atoms with E-state index in [0.29, 0.717) is 5.82 Å². The quantitative estimate of drug-likeness (QED) is 0.660. The van der Waals surface area contributed by atoms with Gasteiger partial charge in [-0.3, -0.25) is 4.79 Å². The van der Waals surface area contributed by atoms with Gasteiger partial charge in [0.05, 0.1) is 18.7 Å². The van der Waals surface area contributed by atoms with Crippen molar-refractivity contribution in [2.75, 3.05) is 5.73 Å². The molecule has 0 aliphatic rings. The first-order valence-electron chi connectivity index (χ1n) is 3.48. The number of anilines is 1. The number of nitrogen functional groups attached to an aromatic ring is 1. The molecule has 6 heteroatoms. The minimum Gasteiger partial charge on any atom is -0.481 e. The van der Waals surface area contributed by atoms with Crippen LogP contribution in [0.3, 0.4) is 0 Å². The molecule has 0 bridgehead atoms. The summed E-state index contributed by atoms with van der Waals surface area (Å²) in [5.41, 5.74) is 5.31. The standard InChI is InChI=1S/C6H10N4O2/c1-4(2-6(11)12)10-3-5(7)8-9-10/h3-4H,2,7H2,1H3,(H,11,12).